The molecule has 0 aliphatic rings. The molecule has 3 heteroatoms. The molecule has 6 rings (SSSR count). The molecule has 148 valence electrons. The van der Waals surface area contributed by atoms with E-state index in [9.17, 15) is 0 Å². The van der Waals surface area contributed by atoms with Crippen LogP contribution in [0.2, 0.25) is 0 Å². The number of ether oxygens (including phenoxy) is 1. The molecule has 2 aromatic heterocycles. The maximum atomic E-state index is 6.59. The van der Waals surface area contributed by atoms with Crippen LogP contribution in [0.25, 0.3) is 43.6 Å². The molecule has 0 saturated carbocycles. The Morgan fingerprint density at radius 3 is 1.39 bits per heavy atom. The lowest BCUT2D eigenvalue weighted by molar-refractivity contribution is -0.617. The van der Waals surface area contributed by atoms with Gasteiger partial charge in [-0.15, -0.1) is 0 Å². The van der Waals surface area contributed by atoms with E-state index in [-0.39, 0.29) is 0 Å². The molecule has 0 N–H and O–H groups in total. The highest BCUT2D eigenvalue weighted by atomic mass is 16.5. The van der Waals surface area contributed by atoms with E-state index in [0.717, 1.165) is 33.3 Å². The third kappa shape index (κ3) is 2.74. The first-order chi connectivity index (χ1) is 15.2. The summed E-state index contributed by atoms with van der Waals surface area (Å²) in [5, 5.41) is 4.60. The number of hydrogen-bond acceptors (Lipinski definition) is 1. The van der Waals surface area contributed by atoms with Crippen LogP contribution in [0.1, 0.15) is 0 Å². The van der Waals surface area contributed by atoms with Crippen LogP contribution >= 0.6 is 0 Å². The van der Waals surface area contributed by atoms with Crippen molar-refractivity contribution in [1.29, 1.82) is 0 Å². The first-order valence-electron chi connectivity index (χ1n) is 10.5. The van der Waals surface area contributed by atoms with Crippen molar-refractivity contribution >= 4 is 43.6 Å². The maximum absolute atomic E-state index is 6.59. The lowest BCUT2D eigenvalue weighted by atomic mass is 10.1. The fraction of sp³-hybridized carbons (Fsp3) is 0.0714. The Morgan fingerprint density at radius 2 is 0.903 bits per heavy atom. The van der Waals surface area contributed by atoms with Crippen LogP contribution in [0, 0.1) is 0 Å². The van der Waals surface area contributed by atoms with Gasteiger partial charge in [-0.2, -0.15) is 9.13 Å². The molecule has 4 aromatic carbocycles. The topological polar surface area (TPSA) is 17.0 Å². The number of pyridine rings is 2. The maximum Gasteiger partial charge on any atom is 0.216 e. The molecule has 0 unspecified atom stereocenters. The molecule has 31 heavy (non-hydrogen) atoms. The van der Waals surface area contributed by atoms with E-state index in [1.165, 1.54) is 21.8 Å². The number of aryl methyl sites for hydroxylation is 2. The summed E-state index contributed by atoms with van der Waals surface area (Å²) in [6.07, 6.45) is 0. The second-order valence-electron chi connectivity index (χ2n) is 8.00. The minimum Gasteiger partial charge on any atom is -0.456 e. The molecule has 0 atom stereocenters. The predicted octanol–water partition coefficient (Wildman–Crippen LogP) is 5.74. The minimum absolute atomic E-state index is 0.863. The first kappa shape index (κ1) is 17.8. The molecule has 0 amide bonds. The first-order valence-corrected chi connectivity index (χ1v) is 10.5. The summed E-state index contributed by atoms with van der Waals surface area (Å²) in [4.78, 5) is 0. The molecular formula is C28H22N2O+2. The van der Waals surface area contributed by atoms with Crippen molar-refractivity contribution in [2.24, 2.45) is 14.1 Å². The monoisotopic (exact) mass is 402 g/mol. The van der Waals surface area contributed by atoms with Crippen molar-refractivity contribution in [3.8, 4) is 11.5 Å². The highest BCUT2D eigenvalue weighted by Gasteiger charge is 2.18. The van der Waals surface area contributed by atoms with Gasteiger partial charge in [-0.25, -0.2) is 0 Å². The molecule has 0 aliphatic heterocycles. The summed E-state index contributed by atoms with van der Waals surface area (Å²) in [7, 11) is 4.22. The second kappa shape index (κ2) is 6.78. The van der Waals surface area contributed by atoms with Crippen molar-refractivity contribution in [1.82, 2.24) is 0 Å². The molecule has 0 bridgehead atoms. The van der Waals surface area contributed by atoms with E-state index < -0.39 is 0 Å². The molecular weight excluding hydrogens is 380 g/mol. The molecule has 0 radical (unpaired) electrons. The summed E-state index contributed by atoms with van der Waals surface area (Å²) in [5.74, 6) is 1.73. The van der Waals surface area contributed by atoms with Crippen molar-refractivity contribution in [3.63, 3.8) is 0 Å². The largest absolute Gasteiger partial charge is 0.456 e. The van der Waals surface area contributed by atoms with Gasteiger partial charge in [-0.3, -0.25) is 0 Å². The summed E-state index contributed by atoms with van der Waals surface area (Å²) >= 11 is 0. The molecule has 6 aromatic rings. The van der Waals surface area contributed by atoms with Crippen molar-refractivity contribution in [2.75, 3.05) is 0 Å². The number of aromatic nitrogens is 2. The molecule has 0 aliphatic carbocycles. The molecule has 0 spiro atoms. The van der Waals surface area contributed by atoms with Crippen LogP contribution in [0.15, 0.2) is 97.1 Å². The summed E-state index contributed by atoms with van der Waals surface area (Å²) in [6.45, 7) is 0. The van der Waals surface area contributed by atoms with Gasteiger partial charge < -0.3 is 4.74 Å². The standard InChI is InChI=1S/C28H22N2O/c1-29-23-11-5-3-9-19(23)17-21-25(29)13-7-15-27(21)31-28-16-8-14-26-22(28)18-20-10-4-6-12-24(20)30(26)2/h3-18H,1-2H3/q+2. The number of benzene rings is 4. The average molecular weight is 402 g/mol. The Balaban J connectivity index is 1.59. The van der Waals surface area contributed by atoms with E-state index in [2.05, 4.69) is 120 Å². The number of rotatable bonds is 2. The van der Waals surface area contributed by atoms with Crippen LogP contribution < -0.4 is 13.9 Å². The van der Waals surface area contributed by atoms with Gasteiger partial charge in [0.05, 0.1) is 10.8 Å². The van der Waals surface area contributed by atoms with Gasteiger partial charge in [0.1, 0.15) is 25.6 Å². The smallest absolute Gasteiger partial charge is 0.216 e. The molecule has 0 fully saturated rings. The fourth-order valence-electron chi connectivity index (χ4n) is 4.64. The highest BCUT2D eigenvalue weighted by molar-refractivity contribution is 5.95. The van der Waals surface area contributed by atoms with Gasteiger partial charge in [0.2, 0.25) is 22.1 Å². The number of nitrogens with zero attached hydrogens (tertiary/aromatic N) is 2. The predicted molar refractivity (Wildman–Crippen MR) is 125 cm³/mol. The Kier molecular flexibility index (Phi) is 3.90. The lowest BCUT2D eigenvalue weighted by Crippen LogP contribution is -2.30. The summed E-state index contributed by atoms with van der Waals surface area (Å²) in [6, 6.07) is 33.9. The van der Waals surface area contributed by atoms with E-state index >= 15 is 0 Å². The Labute approximate surface area is 180 Å². The number of hydrogen-bond donors (Lipinski definition) is 0. The van der Waals surface area contributed by atoms with Crippen LogP contribution in [-0.2, 0) is 14.1 Å². The normalized spacial score (nSPS) is 11.5. The van der Waals surface area contributed by atoms with E-state index in [1.807, 2.05) is 0 Å². The zero-order valence-electron chi connectivity index (χ0n) is 17.5. The van der Waals surface area contributed by atoms with Crippen LogP contribution in [0.5, 0.6) is 11.5 Å². The van der Waals surface area contributed by atoms with E-state index in [0.29, 0.717) is 0 Å². The summed E-state index contributed by atoms with van der Waals surface area (Å²) in [5.41, 5.74) is 4.70. The van der Waals surface area contributed by atoms with Gasteiger partial charge in [-0.1, -0.05) is 36.4 Å². The van der Waals surface area contributed by atoms with E-state index in [4.69, 9.17) is 4.74 Å². The number of para-hydroxylation sites is 2. The molecule has 2 heterocycles. The Hall–Kier alpha value is -3.98. The molecule has 3 nitrogen and oxygen atoms in total. The van der Waals surface area contributed by atoms with Crippen molar-refractivity contribution < 1.29 is 13.9 Å². The highest BCUT2D eigenvalue weighted by Crippen LogP contribution is 2.34. The fourth-order valence-corrected chi connectivity index (χ4v) is 4.64. The van der Waals surface area contributed by atoms with Gasteiger partial charge in [0.15, 0.2) is 0 Å². The van der Waals surface area contributed by atoms with Gasteiger partial charge >= 0.3 is 0 Å². The van der Waals surface area contributed by atoms with E-state index in [1.54, 1.807) is 0 Å². The quantitative estimate of drug-likeness (QED) is 0.267. The third-order valence-electron chi connectivity index (χ3n) is 6.22. The number of fused-ring (bicyclic) bond motifs is 4. The average Bonchev–Trinajstić information content (AvgIpc) is 2.81. The van der Waals surface area contributed by atoms with Gasteiger partial charge in [0.25, 0.3) is 0 Å². The van der Waals surface area contributed by atoms with Gasteiger partial charge in [-0.05, 0) is 36.4 Å². The van der Waals surface area contributed by atoms with Crippen molar-refractivity contribution in [2.45, 2.75) is 0 Å². The van der Waals surface area contributed by atoms with Crippen LogP contribution in [0.4, 0.5) is 0 Å². The van der Waals surface area contributed by atoms with Crippen molar-refractivity contribution in [3.05, 3.63) is 97.1 Å². The second-order valence-corrected chi connectivity index (χ2v) is 8.00. The SMILES string of the molecule is C[n+]1c2ccccc2cc2c(Oc3cccc4c3cc3ccccc3[n+]4C)cccc21. The minimum atomic E-state index is 0.863. The molecule has 0 saturated heterocycles. The van der Waals surface area contributed by atoms with Crippen LogP contribution in [-0.4, -0.2) is 0 Å². The lowest BCUT2D eigenvalue weighted by Gasteiger charge is -2.11. The van der Waals surface area contributed by atoms with Crippen LogP contribution in [0.3, 0.4) is 0 Å². The Bertz CT molecular complexity index is 1510. The third-order valence-corrected chi connectivity index (χ3v) is 6.22. The zero-order valence-corrected chi connectivity index (χ0v) is 17.5. The zero-order chi connectivity index (χ0) is 20.9. The Morgan fingerprint density at radius 1 is 0.484 bits per heavy atom. The van der Waals surface area contributed by atoms with Gasteiger partial charge in [0, 0.05) is 35.0 Å². The summed E-state index contributed by atoms with van der Waals surface area (Å²) < 4.78 is 11.0.